The van der Waals surface area contributed by atoms with Crippen molar-refractivity contribution in [1.29, 1.82) is 0 Å². The van der Waals surface area contributed by atoms with Crippen LogP contribution in [0.1, 0.15) is 19.4 Å². The van der Waals surface area contributed by atoms with Crippen molar-refractivity contribution in [3.05, 3.63) is 48.0 Å². The highest BCUT2D eigenvalue weighted by Gasteiger charge is 2.08. The summed E-state index contributed by atoms with van der Waals surface area (Å²) in [7, 11) is 0. The highest BCUT2D eigenvalue weighted by molar-refractivity contribution is 8.24. The number of rotatable bonds is 3. The Morgan fingerprint density at radius 3 is 2.43 bits per heavy atom. The number of hydrogen-bond acceptors (Lipinski definition) is 2. The Morgan fingerprint density at radius 1 is 1.36 bits per heavy atom. The van der Waals surface area contributed by atoms with Crippen LogP contribution in [0.4, 0.5) is 0 Å². The molecule has 1 unspecified atom stereocenters. The first-order valence-corrected chi connectivity index (χ1v) is 5.81. The molecule has 0 saturated heterocycles. The molecule has 1 aromatic carbocycles. The number of thioether (sulfide) groups is 1. The van der Waals surface area contributed by atoms with Crippen molar-refractivity contribution in [3.63, 3.8) is 0 Å². The zero-order valence-electron chi connectivity index (χ0n) is 8.49. The third-order valence-electron chi connectivity index (χ3n) is 1.99. The van der Waals surface area contributed by atoms with Crippen LogP contribution in [0, 0.1) is 0 Å². The molecule has 2 heteroatoms. The fraction of sp³-hybridized carbons (Fsp3) is 0.250. The van der Waals surface area contributed by atoms with Crippen LogP contribution in [0.2, 0.25) is 0 Å². The number of thiocarbonyl (C=S) groups is 1. The van der Waals surface area contributed by atoms with Crippen LogP contribution in [0.25, 0.3) is 0 Å². The highest BCUT2D eigenvalue weighted by atomic mass is 32.2. The summed E-state index contributed by atoms with van der Waals surface area (Å²) >= 11 is 7.03. The van der Waals surface area contributed by atoms with E-state index in [-0.39, 0.29) is 0 Å². The SMILES string of the molecule is C=C(C)C(C)SC(=S)c1ccccc1. The largest absolute Gasteiger partial charge is 0.106 e. The second-order valence-corrected chi connectivity index (χ2v) is 5.28. The minimum Gasteiger partial charge on any atom is -0.106 e. The van der Waals surface area contributed by atoms with E-state index < -0.39 is 0 Å². The van der Waals surface area contributed by atoms with Crippen LogP contribution >= 0.6 is 24.0 Å². The Bertz CT molecular complexity index is 327. The smallest absolute Gasteiger partial charge is 0.0784 e. The Kier molecular flexibility index (Phi) is 4.36. The molecule has 1 rings (SSSR count). The third-order valence-corrected chi connectivity index (χ3v) is 3.72. The van der Waals surface area contributed by atoms with Gasteiger partial charge in [-0.1, -0.05) is 54.7 Å². The van der Waals surface area contributed by atoms with Crippen LogP contribution in [0.5, 0.6) is 0 Å². The maximum absolute atomic E-state index is 5.34. The topological polar surface area (TPSA) is 0 Å². The molecular weight excluding hydrogens is 208 g/mol. The third kappa shape index (κ3) is 3.28. The lowest BCUT2D eigenvalue weighted by atomic mass is 10.2. The van der Waals surface area contributed by atoms with Crippen molar-refractivity contribution in [2.45, 2.75) is 19.1 Å². The molecule has 0 spiro atoms. The summed E-state index contributed by atoms with van der Waals surface area (Å²) in [6, 6.07) is 10.1. The summed E-state index contributed by atoms with van der Waals surface area (Å²) in [6.07, 6.45) is 0. The predicted molar refractivity (Wildman–Crippen MR) is 70.0 cm³/mol. The van der Waals surface area contributed by atoms with Gasteiger partial charge in [-0.05, 0) is 19.4 Å². The molecule has 0 aliphatic carbocycles. The van der Waals surface area contributed by atoms with Gasteiger partial charge in [0, 0.05) is 5.25 Å². The Hall–Kier alpha value is -0.600. The predicted octanol–water partition coefficient (Wildman–Crippen LogP) is 4.06. The summed E-state index contributed by atoms with van der Waals surface area (Å²) in [5, 5.41) is 0.391. The van der Waals surface area contributed by atoms with Gasteiger partial charge in [-0.25, -0.2) is 0 Å². The van der Waals surface area contributed by atoms with Gasteiger partial charge in [-0.15, -0.1) is 11.8 Å². The van der Waals surface area contributed by atoms with Crippen LogP contribution in [0.3, 0.4) is 0 Å². The molecule has 74 valence electrons. The van der Waals surface area contributed by atoms with Crippen molar-refractivity contribution in [2.24, 2.45) is 0 Å². The van der Waals surface area contributed by atoms with Crippen LogP contribution < -0.4 is 0 Å². The van der Waals surface area contributed by atoms with E-state index in [1.54, 1.807) is 11.8 Å². The molecule has 0 aliphatic rings. The molecule has 1 atom stereocenters. The fourth-order valence-corrected chi connectivity index (χ4v) is 2.27. The van der Waals surface area contributed by atoms with Crippen molar-refractivity contribution < 1.29 is 0 Å². The van der Waals surface area contributed by atoms with E-state index in [1.165, 1.54) is 0 Å². The second kappa shape index (κ2) is 5.32. The molecule has 1 aromatic rings. The second-order valence-electron chi connectivity index (χ2n) is 3.26. The molecule has 14 heavy (non-hydrogen) atoms. The van der Waals surface area contributed by atoms with E-state index in [0.29, 0.717) is 5.25 Å². The standard InChI is InChI=1S/C12H14S2/c1-9(2)10(3)14-12(13)11-7-5-4-6-8-11/h4-8,10H,1H2,2-3H3. The monoisotopic (exact) mass is 222 g/mol. The summed E-state index contributed by atoms with van der Waals surface area (Å²) in [4.78, 5) is 0. The number of benzene rings is 1. The summed E-state index contributed by atoms with van der Waals surface area (Å²) < 4.78 is 0.945. The molecule has 0 nitrogen and oxygen atoms in total. The summed E-state index contributed by atoms with van der Waals surface area (Å²) in [5.74, 6) is 0. The molecule has 0 fully saturated rings. The van der Waals surface area contributed by atoms with Gasteiger partial charge < -0.3 is 0 Å². The molecule has 0 aromatic heterocycles. The average molecular weight is 222 g/mol. The zero-order valence-corrected chi connectivity index (χ0v) is 10.1. The van der Waals surface area contributed by atoms with Crippen molar-refractivity contribution in [3.8, 4) is 0 Å². The van der Waals surface area contributed by atoms with Gasteiger partial charge in [0.05, 0.1) is 4.20 Å². The average Bonchev–Trinajstić information content (AvgIpc) is 2.19. The Morgan fingerprint density at radius 2 is 1.93 bits per heavy atom. The Labute approximate surface area is 95.4 Å². The van der Waals surface area contributed by atoms with E-state index in [4.69, 9.17) is 12.2 Å². The molecule has 0 radical (unpaired) electrons. The summed E-state index contributed by atoms with van der Waals surface area (Å²) in [6.45, 7) is 8.08. The van der Waals surface area contributed by atoms with E-state index in [1.807, 2.05) is 37.3 Å². The van der Waals surface area contributed by atoms with Gasteiger partial charge in [0.15, 0.2) is 0 Å². The van der Waals surface area contributed by atoms with Gasteiger partial charge in [-0.2, -0.15) is 0 Å². The van der Waals surface area contributed by atoms with Crippen molar-refractivity contribution in [1.82, 2.24) is 0 Å². The lowest BCUT2D eigenvalue weighted by Crippen LogP contribution is -2.02. The zero-order chi connectivity index (χ0) is 10.6. The lowest BCUT2D eigenvalue weighted by molar-refractivity contribution is 1.14. The van der Waals surface area contributed by atoms with Gasteiger partial charge in [0.2, 0.25) is 0 Å². The van der Waals surface area contributed by atoms with Crippen LogP contribution in [-0.2, 0) is 0 Å². The molecule has 0 amide bonds. The summed E-state index contributed by atoms with van der Waals surface area (Å²) in [5.41, 5.74) is 2.29. The molecule has 0 bridgehead atoms. The first-order chi connectivity index (χ1) is 6.61. The maximum Gasteiger partial charge on any atom is 0.0784 e. The first-order valence-electron chi connectivity index (χ1n) is 4.52. The van der Waals surface area contributed by atoms with Crippen molar-refractivity contribution in [2.75, 3.05) is 0 Å². The molecular formula is C12H14S2. The molecule has 0 aliphatic heterocycles. The van der Waals surface area contributed by atoms with Crippen molar-refractivity contribution >= 4 is 28.2 Å². The minimum absolute atomic E-state index is 0.391. The van der Waals surface area contributed by atoms with Gasteiger partial charge >= 0.3 is 0 Å². The van der Waals surface area contributed by atoms with Crippen LogP contribution in [0.15, 0.2) is 42.5 Å². The Balaban J connectivity index is 2.64. The van der Waals surface area contributed by atoms with Gasteiger partial charge in [0.25, 0.3) is 0 Å². The maximum atomic E-state index is 5.34. The molecule has 0 N–H and O–H groups in total. The van der Waals surface area contributed by atoms with E-state index in [0.717, 1.165) is 15.3 Å². The fourth-order valence-electron chi connectivity index (χ4n) is 0.903. The highest BCUT2D eigenvalue weighted by Crippen LogP contribution is 2.22. The van der Waals surface area contributed by atoms with E-state index in [9.17, 15) is 0 Å². The quantitative estimate of drug-likeness (QED) is 0.559. The van der Waals surface area contributed by atoms with E-state index >= 15 is 0 Å². The first kappa shape index (κ1) is 11.5. The minimum atomic E-state index is 0.391. The van der Waals surface area contributed by atoms with E-state index in [2.05, 4.69) is 13.5 Å². The molecule has 0 saturated carbocycles. The van der Waals surface area contributed by atoms with Gasteiger partial charge in [-0.3, -0.25) is 0 Å². The number of hydrogen-bond donors (Lipinski definition) is 0. The van der Waals surface area contributed by atoms with Gasteiger partial charge in [0.1, 0.15) is 0 Å². The lowest BCUT2D eigenvalue weighted by Gasteiger charge is -2.11. The molecule has 0 heterocycles. The normalized spacial score (nSPS) is 12.1. The van der Waals surface area contributed by atoms with Crippen LogP contribution in [-0.4, -0.2) is 9.45 Å².